The third kappa shape index (κ3) is 3.56. The summed E-state index contributed by atoms with van der Waals surface area (Å²) in [4.78, 5) is 16.4. The number of aromatic nitrogens is 1. The van der Waals surface area contributed by atoms with Crippen LogP contribution in [-0.2, 0) is 22.4 Å². The summed E-state index contributed by atoms with van der Waals surface area (Å²) in [6.45, 7) is 0.704. The van der Waals surface area contributed by atoms with Crippen molar-refractivity contribution in [2.75, 3.05) is 6.61 Å². The Morgan fingerprint density at radius 2 is 2.05 bits per heavy atom. The van der Waals surface area contributed by atoms with Gasteiger partial charge in [0.2, 0.25) is 0 Å². The van der Waals surface area contributed by atoms with Crippen LogP contribution in [0.25, 0.3) is 0 Å². The van der Waals surface area contributed by atoms with E-state index in [1.165, 1.54) is 11.1 Å². The number of rotatable bonds is 5. The second kappa shape index (κ2) is 6.64. The molecule has 21 heavy (non-hydrogen) atoms. The summed E-state index contributed by atoms with van der Waals surface area (Å²) in [5.41, 5.74) is 3.46. The molecule has 1 aromatic carbocycles. The molecule has 0 aliphatic carbocycles. The number of fused-ring (bicyclic) bond motifs is 1. The number of ether oxygens (including phenoxy) is 1. The zero-order valence-electron chi connectivity index (χ0n) is 12.0. The maximum absolute atomic E-state index is 12.2. The Morgan fingerprint density at radius 1 is 1.19 bits per heavy atom. The van der Waals surface area contributed by atoms with E-state index in [9.17, 15) is 4.79 Å². The molecule has 0 N–H and O–H groups in total. The molecular weight excluding hydrogens is 262 g/mol. The third-order valence-corrected chi connectivity index (χ3v) is 3.89. The van der Waals surface area contributed by atoms with E-state index in [1.54, 1.807) is 6.20 Å². The van der Waals surface area contributed by atoms with Crippen LogP contribution in [-0.4, -0.2) is 17.4 Å². The molecule has 0 bridgehead atoms. The van der Waals surface area contributed by atoms with E-state index in [0.717, 1.165) is 12.1 Å². The molecule has 3 rings (SSSR count). The molecule has 1 atom stereocenters. The van der Waals surface area contributed by atoms with Gasteiger partial charge in [-0.25, -0.2) is 0 Å². The normalized spacial score (nSPS) is 17.2. The number of hydrogen-bond donors (Lipinski definition) is 0. The first kappa shape index (κ1) is 14.0. The molecule has 108 valence electrons. The van der Waals surface area contributed by atoms with Gasteiger partial charge in [-0.15, -0.1) is 0 Å². The maximum Gasteiger partial charge on any atom is 0.136 e. The lowest BCUT2D eigenvalue weighted by atomic mass is 9.94. The molecule has 0 saturated heterocycles. The molecule has 0 fully saturated rings. The van der Waals surface area contributed by atoms with Gasteiger partial charge in [-0.3, -0.25) is 9.78 Å². The summed E-state index contributed by atoms with van der Waals surface area (Å²) in [5.74, 6) is 0.238. The zero-order chi connectivity index (χ0) is 14.5. The average molecular weight is 281 g/mol. The molecule has 2 aromatic rings. The van der Waals surface area contributed by atoms with Gasteiger partial charge in [-0.05, 0) is 36.1 Å². The summed E-state index contributed by atoms with van der Waals surface area (Å²) in [6.07, 6.45) is 4.32. The fourth-order valence-corrected chi connectivity index (χ4v) is 2.77. The number of Topliss-reactive ketones (excluding diaryl/α,β-unsaturated/α-hetero) is 1. The van der Waals surface area contributed by atoms with Crippen LogP contribution in [0.3, 0.4) is 0 Å². The van der Waals surface area contributed by atoms with Crippen LogP contribution < -0.4 is 0 Å². The van der Waals surface area contributed by atoms with Crippen LogP contribution in [0.5, 0.6) is 0 Å². The summed E-state index contributed by atoms with van der Waals surface area (Å²) in [7, 11) is 0. The Kier molecular flexibility index (Phi) is 4.41. The minimum absolute atomic E-state index is 0.0776. The van der Waals surface area contributed by atoms with E-state index >= 15 is 0 Å². The second-order valence-corrected chi connectivity index (χ2v) is 5.37. The van der Waals surface area contributed by atoms with Gasteiger partial charge >= 0.3 is 0 Å². The van der Waals surface area contributed by atoms with Crippen molar-refractivity contribution in [1.82, 2.24) is 4.98 Å². The first-order valence-electron chi connectivity index (χ1n) is 7.44. The van der Waals surface area contributed by atoms with E-state index in [0.29, 0.717) is 25.9 Å². The Morgan fingerprint density at radius 3 is 2.90 bits per heavy atom. The molecule has 1 unspecified atom stereocenters. The molecule has 1 aromatic heterocycles. The number of hydrogen-bond acceptors (Lipinski definition) is 3. The van der Waals surface area contributed by atoms with Crippen molar-refractivity contribution >= 4 is 5.78 Å². The van der Waals surface area contributed by atoms with Crippen molar-refractivity contribution in [3.63, 3.8) is 0 Å². The lowest BCUT2D eigenvalue weighted by molar-refractivity contribution is -0.122. The SMILES string of the molecule is O=C(CCc1ccccn1)CC1OCCc2ccccc21. The molecule has 0 saturated carbocycles. The van der Waals surface area contributed by atoms with Crippen LogP contribution >= 0.6 is 0 Å². The van der Waals surface area contributed by atoms with Crippen molar-refractivity contribution in [3.05, 3.63) is 65.5 Å². The van der Waals surface area contributed by atoms with Gasteiger partial charge in [0.25, 0.3) is 0 Å². The summed E-state index contributed by atoms with van der Waals surface area (Å²) in [6, 6.07) is 14.1. The van der Waals surface area contributed by atoms with Crippen LogP contribution in [0.1, 0.15) is 35.8 Å². The summed E-state index contributed by atoms with van der Waals surface area (Å²) in [5, 5.41) is 0. The van der Waals surface area contributed by atoms with Crippen molar-refractivity contribution in [3.8, 4) is 0 Å². The molecule has 2 heterocycles. The molecule has 3 nitrogen and oxygen atoms in total. The van der Waals surface area contributed by atoms with Crippen molar-refractivity contribution in [1.29, 1.82) is 0 Å². The summed E-state index contributed by atoms with van der Waals surface area (Å²) < 4.78 is 5.79. The Hall–Kier alpha value is -2.00. The quantitative estimate of drug-likeness (QED) is 0.844. The lowest BCUT2D eigenvalue weighted by Crippen LogP contribution is -2.19. The number of nitrogens with zero attached hydrogens (tertiary/aromatic N) is 1. The van der Waals surface area contributed by atoms with E-state index < -0.39 is 0 Å². The fraction of sp³-hybridized carbons (Fsp3) is 0.333. The summed E-state index contributed by atoms with van der Waals surface area (Å²) >= 11 is 0. The maximum atomic E-state index is 12.2. The Balaban J connectivity index is 1.58. The van der Waals surface area contributed by atoms with Crippen molar-refractivity contribution in [2.45, 2.75) is 31.8 Å². The van der Waals surface area contributed by atoms with E-state index in [1.807, 2.05) is 30.3 Å². The topological polar surface area (TPSA) is 39.2 Å². The standard InChI is InChI=1S/C18H19NO2/c20-16(9-8-15-6-3-4-11-19-15)13-18-17-7-2-1-5-14(17)10-12-21-18/h1-7,11,18H,8-10,12-13H2. The molecule has 0 radical (unpaired) electrons. The smallest absolute Gasteiger partial charge is 0.136 e. The van der Waals surface area contributed by atoms with Gasteiger partial charge < -0.3 is 4.74 Å². The molecule has 0 spiro atoms. The fourth-order valence-electron chi connectivity index (χ4n) is 2.77. The number of pyridine rings is 1. The molecule has 1 aliphatic rings. The van der Waals surface area contributed by atoms with E-state index in [2.05, 4.69) is 17.1 Å². The zero-order valence-corrected chi connectivity index (χ0v) is 12.0. The number of benzene rings is 1. The van der Waals surface area contributed by atoms with Crippen LogP contribution in [0.15, 0.2) is 48.7 Å². The largest absolute Gasteiger partial charge is 0.373 e. The van der Waals surface area contributed by atoms with Gasteiger partial charge in [0.05, 0.1) is 12.7 Å². The predicted octanol–water partition coefficient (Wildman–Crippen LogP) is 3.29. The number of carbonyl (C=O) groups excluding carboxylic acids is 1. The highest BCUT2D eigenvalue weighted by Crippen LogP contribution is 2.29. The number of ketones is 1. The number of aryl methyl sites for hydroxylation is 1. The van der Waals surface area contributed by atoms with Gasteiger partial charge in [0, 0.05) is 24.7 Å². The van der Waals surface area contributed by atoms with Gasteiger partial charge in [0.1, 0.15) is 5.78 Å². The predicted molar refractivity (Wildman–Crippen MR) is 81.0 cm³/mol. The highest BCUT2D eigenvalue weighted by molar-refractivity contribution is 5.79. The lowest BCUT2D eigenvalue weighted by Gasteiger charge is -2.25. The minimum atomic E-state index is -0.0776. The average Bonchev–Trinajstić information content (AvgIpc) is 2.54. The van der Waals surface area contributed by atoms with Crippen LogP contribution in [0.2, 0.25) is 0 Å². The van der Waals surface area contributed by atoms with Crippen LogP contribution in [0.4, 0.5) is 0 Å². The van der Waals surface area contributed by atoms with E-state index in [4.69, 9.17) is 4.74 Å². The van der Waals surface area contributed by atoms with Crippen LogP contribution in [0, 0.1) is 0 Å². The highest BCUT2D eigenvalue weighted by Gasteiger charge is 2.22. The first-order chi connectivity index (χ1) is 10.3. The third-order valence-electron chi connectivity index (χ3n) is 3.89. The second-order valence-electron chi connectivity index (χ2n) is 5.37. The molecule has 1 aliphatic heterocycles. The van der Waals surface area contributed by atoms with Gasteiger partial charge in [0.15, 0.2) is 0 Å². The first-order valence-corrected chi connectivity index (χ1v) is 7.44. The molecule has 0 amide bonds. The van der Waals surface area contributed by atoms with Crippen molar-refractivity contribution in [2.24, 2.45) is 0 Å². The van der Waals surface area contributed by atoms with Gasteiger partial charge in [-0.2, -0.15) is 0 Å². The van der Waals surface area contributed by atoms with Gasteiger partial charge in [-0.1, -0.05) is 30.3 Å². The Bertz CT molecular complexity index is 610. The highest BCUT2D eigenvalue weighted by atomic mass is 16.5. The van der Waals surface area contributed by atoms with E-state index in [-0.39, 0.29) is 11.9 Å². The monoisotopic (exact) mass is 281 g/mol. The number of carbonyl (C=O) groups is 1. The minimum Gasteiger partial charge on any atom is -0.373 e. The van der Waals surface area contributed by atoms with Crippen molar-refractivity contribution < 1.29 is 9.53 Å². The Labute approximate surface area is 125 Å². The molecular formula is C18H19NO2. The molecule has 3 heteroatoms.